The highest BCUT2D eigenvalue weighted by Gasteiger charge is 2.19. The molecule has 1 rings (SSSR count). The molecule has 0 saturated carbocycles. The molecular formula is C20H40N2O. The fourth-order valence-corrected chi connectivity index (χ4v) is 3.40. The average Bonchev–Trinajstić information content (AvgIpc) is 2.59. The number of nitrogens with one attached hydrogen (secondary N) is 2. The molecule has 0 unspecified atom stereocenters. The van der Waals surface area contributed by atoms with E-state index in [9.17, 15) is 4.79 Å². The molecule has 2 N–H and O–H groups in total. The maximum absolute atomic E-state index is 11.9. The van der Waals surface area contributed by atoms with Crippen LogP contribution in [0.5, 0.6) is 0 Å². The lowest BCUT2D eigenvalue weighted by molar-refractivity contribution is -0.125. The number of carbonyl (C=O) groups excluding carboxylic acids is 1. The SMILES string of the molecule is CCCCCCCCCCCCCCNC(=O)[C@H]1CCCNC1. The van der Waals surface area contributed by atoms with Gasteiger partial charge in [-0.1, -0.05) is 77.6 Å². The Balaban J connectivity index is 1.76. The topological polar surface area (TPSA) is 41.1 Å². The van der Waals surface area contributed by atoms with Crippen LogP contribution in [0.15, 0.2) is 0 Å². The predicted octanol–water partition coefficient (Wildman–Crippen LogP) is 4.80. The normalized spacial score (nSPS) is 18.0. The van der Waals surface area contributed by atoms with Crippen molar-refractivity contribution in [3.63, 3.8) is 0 Å². The molecule has 1 amide bonds. The monoisotopic (exact) mass is 324 g/mol. The van der Waals surface area contributed by atoms with Gasteiger partial charge in [0.2, 0.25) is 5.91 Å². The zero-order chi connectivity index (χ0) is 16.6. The van der Waals surface area contributed by atoms with Crippen LogP contribution in [0.4, 0.5) is 0 Å². The molecule has 1 heterocycles. The van der Waals surface area contributed by atoms with Gasteiger partial charge in [0.25, 0.3) is 0 Å². The van der Waals surface area contributed by atoms with Gasteiger partial charge >= 0.3 is 0 Å². The molecule has 3 nitrogen and oxygen atoms in total. The minimum Gasteiger partial charge on any atom is -0.356 e. The van der Waals surface area contributed by atoms with Crippen LogP contribution >= 0.6 is 0 Å². The van der Waals surface area contributed by atoms with Crippen molar-refractivity contribution in [2.75, 3.05) is 19.6 Å². The first-order valence-electron chi connectivity index (χ1n) is 10.3. The summed E-state index contributed by atoms with van der Waals surface area (Å²) in [7, 11) is 0. The van der Waals surface area contributed by atoms with Crippen LogP contribution in [0.25, 0.3) is 0 Å². The van der Waals surface area contributed by atoms with E-state index in [2.05, 4.69) is 17.6 Å². The lowest BCUT2D eigenvalue weighted by Crippen LogP contribution is -2.40. The second-order valence-electron chi connectivity index (χ2n) is 7.22. The number of piperidine rings is 1. The van der Waals surface area contributed by atoms with E-state index in [-0.39, 0.29) is 11.8 Å². The first-order valence-corrected chi connectivity index (χ1v) is 10.3. The van der Waals surface area contributed by atoms with Crippen LogP contribution in [-0.2, 0) is 4.79 Å². The molecule has 0 aromatic rings. The van der Waals surface area contributed by atoms with Crippen LogP contribution < -0.4 is 10.6 Å². The van der Waals surface area contributed by atoms with Crippen LogP contribution in [-0.4, -0.2) is 25.5 Å². The summed E-state index contributed by atoms with van der Waals surface area (Å²) in [4.78, 5) is 11.9. The van der Waals surface area contributed by atoms with Gasteiger partial charge in [-0.15, -0.1) is 0 Å². The molecule has 0 spiro atoms. The molecule has 1 fully saturated rings. The minimum atomic E-state index is 0.209. The number of carbonyl (C=O) groups is 1. The lowest BCUT2D eigenvalue weighted by atomic mass is 9.99. The van der Waals surface area contributed by atoms with Crippen molar-refractivity contribution in [3.05, 3.63) is 0 Å². The summed E-state index contributed by atoms with van der Waals surface area (Å²) < 4.78 is 0. The van der Waals surface area contributed by atoms with Crippen molar-refractivity contribution < 1.29 is 4.79 Å². The van der Waals surface area contributed by atoms with Gasteiger partial charge in [0.1, 0.15) is 0 Å². The number of rotatable bonds is 14. The van der Waals surface area contributed by atoms with E-state index in [1.165, 1.54) is 70.6 Å². The largest absolute Gasteiger partial charge is 0.356 e. The molecular weight excluding hydrogens is 284 g/mol. The van der Waals surface area contributed by atoms with E-state index >= 15 is 0 Å². The van der Waals surface area contributed by atoms with Gasteiger partial charge in [0.15, 0.2) is 0 Å². The molecule has 0 bridgehead atoms. The molecule has 1 saturated heterocycles. The number of unbranched alkanes of at least 4 members (excludes halogenated alkanes) is 11. The molecule has 1 aliphatic rings. The molecule has 23 heavy (non-hydrogen) atoms. The summed E-state index contributed by atoms with van der Waals surface area (Å²) in [6, 6.07) is 0. The summed E-state index contributed by atoms with van der Waals surface area (Å²) in [6.45, 7) is 5.08. The zero-order valence-electron chi connectivity index (χ0n) is 15.5. The number of hydrogen-bond acceptors (Lipinski definition) is 2. The van der Waals surface area contributed by atoms with E-state index in [0.29, 0.717) is 0 Å². The Hall–Kier alpha value is -0.570. The Kier molecular flexibility index (Phi) is 13.3. The van der Waals surface area contributed by atoms with Crippen LogP contribution in [0.3, 0.4) is 0 Å². The highest BCUT2D eigenvalue weighted by Crippen LogP contribution is 2.12. The molecule has 1 aliphatic heterocycles. The minimum absolute atomic E-state index is 0.209. The van der Waals surface area contributed by atoms with Gasteiger partial charge in [-0.3, -0.25) is 4.79 Å². The highest BCUT2D eigenvalue weighted by atomic mass is 16.1. The van der Waals surface area contributed by atoms with Gasteiger partial charge < -0.3 is 10.6 Å². The van der Waals surface area contributed by atoms with Crippen molar-refractivity contribution in [2.45, 2.75) is 96.8 Å². The zero-order valence-corrected chi connectivity index (χ0v) is 15.5. The fraction of sp³-hybridized carbons (Fsp3) is 0.950. The lowest BCUT2D eigenvalue weighted by Gasteiger charge is -2.21. The molecule has 0 radical (unpaired) electrons. The molecule has 1 atom stereocenters. The Morgan fingerprint density at radius 1 is 0.913 bits per heavy atom. The highest BCUT2D eigenvalue weighted by molar-refractivity contribution is 5.78. The molecule has 3 heteroatoms. The smallest absolute Gasteiger partial charge is 0.224 e. The molecule has 0 aromatic heterocycles. The van der Waals surface area contributed by atoms with Gasteiger partial charge in [0, 0.05) is 13.1 Å². The average molecular weight is 325 g/mol. The van der Waals surface area contributed by atoms with Crippen molar-refractivity contribution in [1.29, 1.82) is 0 Å². The molecule has 0 aromatic carbocycles. The quantitative estimate of drug-likeness (QED) is 0.450. The van der Waals surface area contributed by atoms with E-state index < -0.39 is 0 Å². The van der Waals surface area contributed by atoms with Gasteiger partial charge in [-0.25, -0.2) is 0 Å². The van der Waals surface area contributed by atoms with Crippen molar-refractivity contribution >= 4 is 5.91 Å². The third-order valence-corrected chi connectivity index (χ3v) is 5.00. The summed E-state index contributed by atoms with van der Waals surface area (Å²) >= 11 is 0. The van der Waals surface area contributed by atoms with Crippen LogP contribution in [0, 0.1) is 5.92 Å². The van der Waals surface area contributed by atoms with E-state index in [1.54, 1.807) is 0 Å². The Morgan fingerprint density at radius 3 is 2.00 bits per heavy atom. The van der Waals surface area contributed by atoms with Crippen molar-refractivity contribution in [3.8, 4) is 0 Å². The van der Waals surface area contributed by atoms with Gasteiger partial charge in [-0.05, 0) is 25.8 Å². The summed E-state index contributed by atoms with van der Waals surface area (Å²) in [5.41, 5.74) is 0. The van der Waals surface area contributed by atoms with Gasteiger partial charge in [-0.2, -0.15) is 0 Å². The van der Waals surface area contributed by atoms with Crippen LogP contribution in [0.2, 0.25) is 0 Å². The first kappa shape index (κ1) is 20.5. The van der Waals surface area contributed by atoms with E-state index in [1.807, 2.05) is 0 Å². The predicted molar refractivity (Wildman–Crippen MR) is 99.7 cm³/mol. The second kappa shape index (κ2) is 15.0. The Labute approximate surface area is 144 Å². The fourth-order valence-electron chi connectivity index (χ4n) is 3.40. The maximum atomic E-state index is 11.9. The Bertz CT molecular complexity index is 275. The Morgan fingerprint density at radius 2 is 1.48 bits per heavy atom. The third-order valence-electron chi connectivity index (χ3n) is 5.00. The third kappa shape index (κ3) is 11.6. The van der Waals surface area contributed by atoms with Gasteiger partial charge in [0.05, 0.1) is 5.92 Å². The number of hydrogen-bond donors (Lipinski definition) is 2. The molecule has 136 valence electrons. The van der Waals surface area contributed by atoms with Crippen molar-refractivity contribution in [1.82, 2.24) is 10.6 Å². The van der Waals surface area contributed by atoms with Crippen molar-refractivity contribution in [2.24, 2.45) is 5.92 Å². The summed E-state index contributed by atoms with van der Waals surface area (Å²) in [6.07, 6.45) is 18.6. The van der Waals surface area contributed by atoms with E-state index in [4.69, 9.17) is 0 Å². The first-order chi connectivity index (χ1) is 11.3. The molecule has 0 aliphatic carbocycles. The van der Waals surface area contributed by atoms with E-state index in [0.717, 1.165) is 38.9 Å². The number of amides is 1. The van der Waals surface area contributed by atoms with Crippen LogP contribution in [0.1, 0.15) is 96.8 Å². The summed E-state index contributed by atoms with van der Waals surface area (Å²) in [5, 5.41) is 6.41. The standard InChI is InChI=1S/C20H40N2O/c1-2-3-4-5-6-7-8-9-10-11-12-13-17-22-20(23)19-15-14-16-21-18-19/h19,21H,2-18H2,1H3,(H,22,23)/t19-/m0/s1. The second-order valence-corrected chi connectivity index (χ2v) is 7.22. The maximum Gasteiger partial charge on any atom is 0.224 e. The summed E-state index contributed by atoms with van der Waals surface area (Å²) in [5.74, 6) is 0.473.